The Kier molecular flexibility index (Phi) is 7.23. The molecule has 2 aromatic carbocycles. The maximum absolute atomic E-state index is 14.0. The molecule has 3 aliphatic carbocycles. The number of amides is 1. The number of aromatic hydroxyl groups is 1. The second kappa shape index (κ2) is 10.4. The summed E-state index contributed by atoms with van der Waals surface area (Å²) in [6.45, 7) is 0. The van der Waals surface area contributed by atoms with Gasteiger partial charge in [0.2, 0.25) is 5.91 Å². The van der Waals surface area contributed by atoms with Crippen LogP contribution in [0.4, 0.5) is 0 Å². The number of likely N-dealkylation sites (N-methyl/N-ethyl adjacent to an activating group) is 1. The topological polar surface area (TPSA) is 186 Å². The number of hydrogen-bond donors (Lipinski definition) is 3. The highest BCUT2D eigenvalue weighted by Crippen LogP contribution is 2.52. The van der Waals surface area contributed by atoms with Crippen molar-refractivity contribution in [2.24, 2.45) is 34.6 Å². The van der Waals surface area contributed by atoms with E-state index in [2.05, 4.69) is 5.16 Å². The first kappa shape index (κ1) is 29.1. The predicted molar refractivity (Wildman–Crippen MR) is 148 cm³/mol. The smallest absolute Gasteiger partial charge is 0.235 e. The van der Waals surface area contributed by atoms with E-state index in [0.29, 0.717) is 28.0 Å². The molecule has 2 fully saturated rings. The van der Waals surface area contributed by atoms with E-state index in [-0.39, 0.29) is 24.2 Å². The molecule has 5 rings (SSSR count). The lowest BCUT2D eigenvalue weighted by molar-refractivity contribution is -0.181. The van der Waals surface area contributed by atoms with Crippen molar-refractivity contribution in [2.45, 2.75) is 24.5 Å². The van der Waals surface area contributed by atoms with E-state index in [4.69, 9.17) is 15.3 Å². The number of aliphatic hydroxyl groups is 1. The van der Waals surface area contributed by atoms with Gasteiger partial charge in [-0.1, -0.05) is 11.2 Å². The zero-order valence-electron chi connectivity index (χ0n) is 23.5. The van der Waals surface area contributed by atoms with Gasteiger partial charge in [0.25, 0.3) is 0 Å². The van der Waals surface area contributed by atoms with Gasteiger partial charge >= 0.3 is 0 Å². The number of primary amides is 1. The summed E-state index contributed by atoms with van der Waals surface area (Å²) in [5, 5.41) is 26.4. The van der Waals surface area contributed by atoms with E-state index in [1.807, 2.05) is 0 Å². The first-order valence-corrected chi connectivity index (χ1v) is 13.3. The lowest BCUT2D eigenvalue weighted by atomic mass is 9.52. The van der Waals surface area contributed by atoms with E-state index < -0.39 is 64.4 Å². The van der Waals surface area contributed by atoms with Crippen LogP contribution in [0.25, 0.3) is 11.1 Å². The minimum absolute atomic E-state index is 0.0450. The SMILES string of the molecule is CO/N=C\c1ccc(OC)c(-c2ccc(O)c3c2C[C@H]2C[C@H]4[C@H](N(C)C)C(=O)C(C(N)=O)C(=O)[C@@]4(O)C(=O)C2C3=O)c1. The molecule has 0 spiro atoms. The van der Waals surface area contributed by atoms with E-state index in [1.54, 1.807) is 24.3 Å². The fraction of sp³-hybridized carbons (Fsp3) is 0.400. The quantitative estimate of drug-likeness (QED) is 0.248. The number of nitrogens with two attached hydrogens (primary N) is 1. The summed E-state index contributed by atoms with van der Waals surface area (Å²) in [4.78, 5) is 73.1. The van der Waals surface area contributed by atoms with Crippen molar-refractivity contribution in [1.29, 1.82) is 0 Å². The number of carbonyl (C=O) groups excluding carboxylic acids is 5. The van der Waals surface area contributed by atoms with Crippen molar-refractivity contribution in [3.63, 3.8) is 0 Å². The van der Waals surface area contributed by atoms with Gasteiger partial charge in [-0.2, -0.15) is 0 Å². The largest absolute Gasteiger partial charge is 0.507 e. The van der Waals surface area contributed by atoms with E-state index in [9.17, 15) is 34.2 Å². The number of phenolic OH excluding ortho intramolecular Hbond substituents is 1. The number of methoxy groups -OCH3 is 1. The summed E-state index contributed by atoms with van der Waals surface area (Å²) in [7, 11) is 5.98. The molecule has 12 nitrogen and oxygen atoms in total. The van der Waals surface area contributed by atoms with Crippen molar-refractivity contribution in [1.82, 2.24) is 4.90 Å². The molecule has 0 radical (unpaired) electrons. The van der Waals surface area contributed by atoms with Gasteiger partial charge in [-0.3, -0.25) is 28.9 Å². The van der Waals surface area contributed by atoms with Crippen LogP contribution in [0.1, 0.15) is 27.9 Å². The molecule has 2 saturated carbocycles. The van der Waals surface area contributed by atoms with Crippen molar-refractivity contribution in [3.05, 3.63) is 47.0 Å². The molecule has 6 atom stereocenters. The molecule has 220 valence electrons. The minimum Gasteiger partial charge on any atom is -0.507 e. The third-order valence-electron chi connectivity index (χ3n) is 8.77. The van der Waals surface area contributed by atoms with Crippen LogP contribution in [-0.2, 0) is 30.4 Å². The number of carbonyl (C=O) groups is 5. The van der Waals surface area contributed by atoms with Crippen LogP contribution in [0.5, 0.6) is 11.5 Å². The number of rotatable bonds is 6. The third kappa shape index (κ3) is 4.12. The Bertz CT molecular complexity index is 1570. The molecule has 4 N–H and O–H groups in total. The van der Waals surface area contributed by atoms with Crippen LogP contribution in [0.2, 0.25) is 0 Å². The molecule has 2 aromatic rings. The highest BCUT2D eigenvalue weighted by atomic mass is 16.6. The van der Waals surface area contributed by atoms with Crippen LogP contribution < -0.4 is 10.5 Å². The highest BCUT2D eigenvalue weighted by molar-refractivity contribution is 6.32. The van der Waals surface area contributed by atoms with Gasteiger partial charge in [0, 0.05) is 11.5 Å². The Balaban J connectivity index is 1.67. The first-order chi connectivity index (χ1) is 19.9. The summed E-state index contributed by atoms with van der Waals surface area (Å²) >= 11 is 0. The standard InChI is InChI=1S/C30H31N3O9/c1-33(2)24-18-11-14-10-17-15(16-9-13(12-32-42-4)5-8-20(16)41-3)6-7-19(34)22(17)25(35)21(14)27(37)30(18,40)28(38)23(26(24)36)29(31)39/h5-9,12,14,18,21,23-24,34,40H,10-11H2,1-4H3,(H2,31,39)/b32-12-/t14-,18-,21?,23?,24-,30-/m0/s1. The Morgan fingerprint density at radius 1 is 1.10 bits per heavy atom. The predicted octanol–water partition coefficient (Wildman–Crippen LogP) is 0.523. The van der Waals surface area contributed by atoms with Gasteiger partial charge in [-0.05, 0) is 73.8 Å². The Hall–Kier alpha value is -4.42. The number of hydrogen-bond acceptors (Lipinski definition) is 11. The summed E-state index contributed by atoms with van der Waals surface area (Å²) in [5.41, 5.74) is 4.79. The van der Waals surface area contributed by atoms with Gasteiger partial charge < -0.3 is 25.5 Å². The van der Waals surface area contributed by atoms with E-state index in [0.717, 1.165) is 0 Å². The number of fused-ring (bicyclic) bond motifs is 3. The molecule has 12 heteroatoms. The molecular formula is C30H31N3O9. The Morgan fingerprint density at radius 3 is 2.43 bits per heavy atom. The van der Waals surface area contributed by atoms with Crippen molar-refractivity contribution < 1.29 is 43.8 Å². The molecule has 42 heavy (non-hydrogen) atoms. The van der Waals surface area contributed by atoms with Crippen LogP contribution in [-0.4, -0.2) is 90.3 Å². The van der Waals surface area contributed by atoms with Crippen molar-refractivity contribution in [2.75, 3.05) is 28.3 Å². The number of oxime groups is 1. The molecule has 2 unspecified atom stereocenters. The van der Waals surface area contributed by atoms with Crippen LogP contribution in [0.3, 0.4) is 0 Å². The van der Waals surface area contributed by atoms with E-state index >= 15 is 0 Å². The molecule has 3 aliphatic rings. The average molecular weight is 578 g/mol. The number of ketones is 4. The highest BCUT2D eigenvalue weighted by Gasteiger charge is 2.69. The lowest BCUT2D eigenvalue weighted by Gasteiger charge is -2.52. The van der Waals surface area contributed by atoms with Crippen LogP contribution in [0.15, 0.2) is 35.5 Å². The van der Waals surface area contributed by atoms with Crippen LogP contribution >= 0.6 is 0 Å². The van der Waals surface area contributed by atoms with Crippen LogP contribution in [0, 0.1) is 23.7 Å². The minimum atomic E-state index is -2.78. The number of phenols is 1. The maximum atomic E-state index is 14.0. The molecule has 0 heterocycles. The second-order valence-electron chi connectivity index (χ2n) is 11.2. The van der Waals surface area contributed by atoms with Gasteiger partial charge in [-0.25, -0.2) is 0 Å². The summed E-state index contributed by atoms with van der Waals surface area (Å²) in [6, 6.07) is 7.07. The Morgan fingerprint density at radius 2 is 1.81 bits per heavy atom. The fourth-order valence-corrected chi connectivity index (χ4v) is 6.99. The second-order valence-corrected chi connectivity index (χ2v) is 11.2. The van der Waals surface area contributed by atoms with Crippen molar-refractivity contribution >= 4 is 35.3 Å². The first-order valence-electron chi connectivity index (χ1n) is 13.3. The van der Waals surface area contributed by atoms with Gasteiger partial charge in [0.05, 0.1) is 30.8 Å². The molecule has 0 aromatic heterocycles. The van der Waals surface area contributed by atoms with Gasteiger partial charge in [0.15, 0.2) is 34.7 Å². The fourth-order valence-electron chi connectivity index (χ4n) is 6.99. The zero-order valence-corrected chi connectivity index (χ0v) is 23.5. The van der Waals surface area contributed by atoms with Crippen molar-refractivity contribution in [3.8, 4) is 22.6 Å². The lowest BCUT2D eigenvalue weighted by Crippen LogP contribution is -2.74. The number of ether oxygens (including phenoxy) is 1. The normalized spacial score (nSPS) is 28.9. The molecule has 0 saturated heterocycles. The zero-order chi connectivity index (χ0) is 30.7. The van der Waals surface area contributed by atoms with E-state index in [1.165, 1.54) is 45.5 Å². The Labute approximate surface area is 241 Å². The number of nitrogens with zero attached hydrogens (tertiary/aromatic N) is 2. The third-order valence-corrected chi connectivity index (χ3v) is 8.77. The summed E-state index contributed by atoms with van der Waals surface area (Å²) in [6.07, 6.45) is 1.57. The number of benzene rings is 2. The number of Topliss-reactive ketones (excluding diaryl/α,β-unsaturated/α-hetero) is 4. The maximum Gasteiger partial charge on any atom is 0.235 e. The summed E-state index contributed by atoms with van der Waals surface area (Å²) in [5.74, 6) is -10.5. The molecule has 0 aliphatic heterocycles. The van der Waals surface area contributed by atoms with Gasteiger partial charge in [0.1, 0.15) is 18.6 Å². The monoisotopic (exact) mass is 577 g/mol. The molecule has 0 bridgehead atoms. The van der Waals surface area contributed by atoms with Gasteiger partial charge in [-0.15, -0.1) is 0 Å². The molecular weight excluding hydrogens is 546 g/mol. The summed E-state index contributed by atoms with van der Waals surface area (Å²) < 4.78 is 5.58. The molecule has 1 amide bonds. The average Bonchev–Trinajstić information content (AvgIpc) is 2.93.